The summed E-state index contributed by atoms with van der Waals surface area (Å²) in [7, 11) is 0. The first-order valence-electron chi connectivity index (χ1n) is 6.90. The number of nitro groups is 1. The Labute approximate surface area is 130 Å². The highest BCUT2D eigenvalue weighted by Crippen LogP contribution is 2.18. The normalized spacial score (nSPS) is 10.7. The highest BCUT2D eigenvalue weighted by atomic mass is 16.6. The second-order valence-electron chi connectivity index (χ2n) is 5.02. The molecule has 7 nitrogen and oxygen atoms in total. The van der Waals surface area contributed by atoms with Crippen LogP contribution in [-0.2, 0) is 6.61 Å². The van der Waals surface area contributed by atoms with Crippen LogP contribution in [0.15, 0.2) is 47.3 Å². The molecule has 0 aliphatic rings. The fourth-order valence-corrected chi connectivity index (χ4v) is 2.24. The van der Waals surface area contributed by atoms with Gasteiger partial charge in [0.25, 0.3) is 11.2 Å². The zero-order chi connectivity index (χ0) is 16.4. The van der Waals surface area contributed by atoms with Crippen molar-refractivity contribution in [3.8, 4) is 5.75 Å². The molecular weight excluding hydrogens is 298 g/mol. The van der Waals surface area contributed by atoms with E-state index in [-0.39, 0.29) is 17.9 Å². The van der Waals surface area contributed by atoms with Gasteiger partial charge < -0.3 is 9.72 Å². The number of nitro benzene ring substituents is 1. The van der Waals surface area contributed by atoms with Crippen molar-refractivity contribution in [1.29, 1.82) is 0 Å². The number of ether oxygens (including phenoxy) is 1. The van der Waals surface area contributed by atoms with Crippen LogP contribution in [0.5, 0.6) is 5.75 Å². The number of fused-ring (bicyclic) bond motifs is 1. The van der Waals surface area contributed by atoms with E-state index in [0.717, 1.165) is 5.56 Å². The van der Waals surface area contributed by atoms with Crippen molar-refractivity contribution >= 4 is 16.6 Å². The van der Waals surface area contributed by atoms with Crippen LogP contribution < -0.4 is 10.3 Å². The highest BCUT2D eigenvalue weighted by molar-refractivity contribution is 5.80. The second kappa shape index (κ2) is 5.88. The largest absolute Gasteiger partial charge is 0.486 e. The van der Waals surface area contributed by atoms with E-state index in [1.165, 1.54) is 24.3 Å². The minimum absolute atomic E-state index is 0.00906. The average Bonchev–Trinajstić information content (AvgIpc) is 2.54. The molecule has 1 heterocycles. The van der Waals surface area contributed by atoms with Crippen LogP contribution in [0.25, 0.3) is 10.9 Å². The Morgan fingerprint density at radius 2 is 1.96 bits per heavy atom. The summed E-state index contributed by atoms with van der Waals surface area (Å²) in [4.78, 5) is 29.3. The van der Waals surface area contributed by atoms with Gasteiger partial charge in [0.1, 0.15) is 18.2 Å². The average molecular weight is 311 g/mol. The molecule has 0 radical (unpaired) electrons. The molecule has 0 bridgehead atoms. The first-order valence-corrected chi connectivity index (χ1v) is 6.90. The SMILES string of the molecule is Cc1cccc2c(=O)[nH]c(COc3ccc([N+](=O)[O-])cc3)nc12. The fourth-order valence-electron chi connectivity index (χ4n) is 2.24. The zero-order valence-electron chi connectivity index (χ0n) is 12.3. The predicted molar refractivity (Wildman–Crippen MR) is 84.5 cm³/mol. The summed E-state index contributed by atoms with van der Waals surface area (Å²) in [6.07, 6.45) is 0. The maximum Gasteiger partial charge on any atom is 0.269 e. The lowest BCUT2D eigenvalue weighted by atomic mass is 10.1. The highest BCUT2D eigenvalue weighted by Gasteiger charge is 2.08. The van der Waals surface area contributed by atoms with Crippen LogP contribution in [0, 0.1) is 17.0 Å². The Bertz CT molecular complexity index is 932. The summed E-state index contributed by atoms with van der Waals surface area (Å²) in [5.41, 5.74) is 1.31. The lowest BCUT2D eigenvalue weighted by Gasteiger charge is -2.07. The molecule has 0 amide bonds. The van der Waals surface area contributed by atoms with Crippen LogP contribution in [-0.4, -0.2) is 14.9 Å². The molecule has 0 unspecified atom stereocenters. The number of hydrogen-bond acceptors (Lipinski definition) is 5. The molecule has 2 aromatic carbocycles. The van der Waals surface area contributed by atoms with Gasteiger partial charge in [0.05, 0.1) is 15.8 Å². The van der Waals surface area contributed by atoms with Crippen molar-refractivity contribution in [3.05, 3.63) is 74.3 Å². The minimum atomic E-state index is -0.477. The first-order chi connectivity index (χ1) is 11.0. The van der Waals surface area contributed by atoms with Gasteiger partial charge in [0.2, 0.25) is 0 Å². The number of H-pyrrole nitrogens is 1. The Balaban J connectivity index is 1.83. The minimum Gasteiger partial charge on any atom is -0.486 e. The third kappa shape index (κ3) is 3.03. The number of aromatic amines is 1. The third-order valence-corrected chi connectivity index (χ3v) is 3.41. The fraction of sp³-hybridized carbons (Fsp3) is 0.125. The van der Waals surface area contributed by atoms with Gasteiger partial charge in [-0.05, 0) is 30.7 Å². The maximum absolute atomic E-state index is 12.1. The van der Waals surface area contributed by atoms with E-state index in [1.807, 2.05) is 19.1 Å². The summed E-state index contributed by atoms with van der Waals surface area (Å²) in [5, 5.41) is 11.1. The Kier molecular flexibility index (Phi) is 3.76. The van der Waals surface area contributed by atoms with Gasteiger partial charge in [0.15, 0.2) is 0 Å². The molecule has 23 heavy (non-hydrogen) atoms. The van der Waals surface area contributed by atoms with Crippen LogP contribution in [0.2, 0.25) is 0 Å². The van der Waals surface area contributed by atoms with Crippen LogP contribution >= 0.6 is 0 Å². The van der Waals surface area contributed by atoms with E-state index in [1.54, 1.807) is 6.07 Å². The Morgan fingerprint density at radius 3 is 2.65 bits per heavy atom. The number of nitrogens with zero attached hydrogens (tertiary/aromatic N) is 2. The molecule has 116 valence electrons. The quantitative estimate of drug-likeness (QED) is 0.590. The van der Waals surface area contributed by atoms with E-state index in [4.69, 9.17) is 4.74 Å². The number of rotatable bonds is 4. The van der Waals surface area contributed by atoms with Crippen LogP contribution in [0.1, 0.15) is 11.4 Å². The number of aryl methyl sites for hydroxylation is 1. The van der Waals surface area contributed by atoms with Crippen molar-refractivity contribution in [3.63, 3.8) is 0 Å². The van der Waals surface area contributed by atoms with Gasteiger partial charge in [-0.2, -0.15) is 0 Å². The van der Waals surface area contributed by atoms with Crippen molar-refractivity contribution < 1.29 is 9.66 Å². The van der Waals surface area contributed by atoms with E-state index < -0.39 is 4.92 Å². The van der Waals surface area contributed by atoms with E-state index in [9.17, 15) is 14.9 Å². The number of non-ortho nitro benzene ring substituents is 1. The molecule has 1 aromatic heterocycles. The van der Waals surface area contributed by atoms with Gasteiger partial charge >= 0.3 is 0 Å². The van der Waals surface area contributed by atoms with Crippen molar-refractivity contribution in [2.75, 3.05) is 0 Å². The lowest BCUT2D eigenvalue weighted by molar-refractivity contribution is -0.384. The summed E-state index contributed by atoms with van der Waals surface area (Å²) in [5.74, 6) is 0.860. The molecule has 0 aliphatic carbocycles. The van der Waals surface area contributed by atoms with Crippen LogP contribution in [0.4, 0.5) is 5.69 Å². The maximum atomic E-state index is 12.1. The van der Waals surface area contributed by atoms with Crippen LogP contribution in [0.3, 0.4) is 0 Å². The molecule has 3 aromatic rings. The Hall–Kier alpha value is -3.22. The number of nitrogens with one attached hydrogen (secondary N) is 1. The third-order valence-electron chi connectivity index (χ3n) is 3.41. The molecule has 1 N–H and O–H groups in total. The number of hydrogen-bond donors (Lipinski definition) is 1. The van der Waals surface area contributed by atoms with Gasteiger partial charge in [0, 0.05) is 12.1 Å². The molecule has 0 saturated heterocycles. The molecule has 0 spiro atoms. The van der Waals surface area contributed by atoms with E-state index in [2.05, 4.69) is 9.97 Å². The molecule has 7 heteroatoms. The smallest absolute Gasteiger partial charge is 0.269 e. The number of aromatic nitrogens is 2. The second-order valence-corrected chi connectivity index (χ2v) is 5.02. The number of para-hydroxylation sites is 1. The monoisotopic (exact) mass is 311 g/mol. The summed E-state index contributed by atoms with van der Waals surface area (Å²) in [6.45, 7) is 1.95. The number of benzene rings is 2. The molecule has 3 rings (SSSR count). The van der Waals surface area contributed by atoms with Crippen molar-refractivity contribution in [2.45, 2.75) is 13.5 Å². The van der Waals surface area contributed by atoms with E-state index >= 15 is 0 Å². The molecular formula is C16H13N3O4. The van der Waals surface area contributed by atoms with Gasteiger partial charge in [-0.3, -0.25) is 14.9 Å². The summed E-state index contributed by atoms with van der Waals surface area (Å²) < 4.78 is 5.52. The predicted octanol–water partition coefficient (Wildman–Crippen LogP) is 2.72. The molecule has 0 aliphatic heterocycles. The summed E-state index contributed by atoms with van der Waals surface area (Å²) >= 11 is 0. The van der Waals surface area contributed by atoms with Gasteiger partial charge in [-0.25, -0.2) is 4.98 Å². The first kappa shape index (κ1) is 14.7. The van der Waals surface area contributed by atoms with E-state index in [0.29, 0.717) is 22.5 Å². The van der Waals surface area contributed by atoms with Gasteiger partial charge in [-0.15, -0.1) is 0 Å². The summed E-state index contributed by atoms with van der Waals surface area (Å²) in [6, 6.07) is 11.1. The molecule has 0 atom stereocenters. The molecule has 0 fully saturated rings. The molecule has 0 saturated carbocycles. The Morgan fingerprint density at radius 1 is 1.22 bits per heavy atom. The van der Waals surface area contributed by atoms with Gasteiger partial charge in [-0.1, -0.05) is 12.1 Å². The van der Waals surface area contributed by atoms with Crippen molar-refractivity contribution in [1.82, 2.24) is 9.97 Å². The standard InChI is InChI=1S/C16H13N3O4/c1-10-3-2-4-13-15(10)17-14(18-16(13)20)9-23-12-7-5-11(6-8-12)19(21)22/h2-8H,9H2,1H3,(H,17,18,20). The van der Waals surface area contributed by atoms with Crippen molar-refractivity contribution in [2.24, 2.45) is 0 Å². The lowest BCUT2D eigenvalue weighted by Crippen LogP contribution is -2.14. The zero-order valence-corrected chi connectivity index (χ0v) is 12.3. The topological polar surface area (TPSA) is 98.1 Å².